The number of amides is 1. The van der Waals surface area contributed by atoms with Crippen molar-refractivity contribution < 1.29 is 19.6 Å². The van der Waals surface area contributed by atoms with Crippen molar-refractivity contribution in [2.45, 2.75) is 32.1 Å². The minimum Gasteiger partial charge on any atom is -0.481 e. The van der Waals surface area contributed by atoms with E-state index >= 15 is 0 Å². The van der Waals surface area contributed by atoms with Crippen LogP contribution in [0.3, 0.4) is 0 Å². The number of aliphatic carboxylic acids is 1. The fraction of sp³-hybridized carbons (Fsp3) is 0.353. The topological polar surface area (TPSA) is 122 Å². The van der Waals surface area contributed by atoms with E-state index < -0.39 is 10.9 Å². The van der Waals surface area contributed by atoms with Crippen LogP contribution in [0.1, 0.15) is 42.5 Å². The Bertz CT molecular complexity index is 791. The van der Waals surface area contributed by atoms with Gasteiger partial charge in [0.25, 0.3) is 11.6 Å². The highest BCUT2D eigenvalue weighted by atomic mass is 16.6. The van der Waals surface area contributed by atoms with Crippen LogP contribution in [0.4, 0.5) is 5.69 Å². The lowest BCUT2D eigenvalue weighted by atomic mass is 10.1. The molecule has 2 N–H and O–H groups in total. The highest BCUT2D eigenvalue weighted by molar-refractivity contribution is 6.07. The molecule has 0 atom stereocenters. The van der Waals surface area contributed by atoms with Crippen LogP contribution >= 0.6 is 0 Å². The lowest BCUT2D eigenvalue weighted by Gasteiger charge is -2.08. The Labute approximate surface area is 144 Å². The van der Waals surface area contributed by atoms with E-state index in [2.05, 4.69) is 10.3 Å². The van der Waals surface area contributed by atoms with Crippen LogP contribution in [0.2, 0.25) is 0 Å². The molecule has 132 valence electrons. The maximum absolute atomic E-state index is 12.3. The summed E-state index contributed by atoms with van der Waals surface area (Å²) in [6.07, 6.45) is 4.64. The van der Waals surface area contributed by atoms with Gasteiger partial charge < -0.3 is 10.4 Å². The van der Waals surface area contributed by atoms with Crippen molar-refractivity contribution in [3.05, 3.63) is 46.1 Å². The van der Waals surface area contributed by atoms with Gasteiger partial charge in [-0.3, -0.25) is 24.7 Å². The molecular weight excluding hydrogens is 326 g/mol. The summed E-state index contributed by atoms with van der Waals surface area (Å²) in [5.74, 6) is -1.13. The predicted molar refractivity (Wildman–Crippen MR) is 91.5 cm³/mol. The van der Waals surface area contributed by atoms with Gasteiger partial charge in [-0.25, -0.2) is 0 Å². The molecule has 2 rings (SSSR count). The Balaban J connectivity index is 1.95. The van der Waals surface area contributed by atoms with Crippen LogP contribution < -0.4 is 5.32 Å². The number of carbonyl (C=O) groups is 2. The van der Waals surface area contributed by atoms with Gasteiger partial charge in [0.1, 0.15) is 0 Å². The molecule has 0 aliphatic heterocycles. The summed E-state index contributed by atoms with van der Waals surface area (Å²) in [5, 5.41) is 22.7. The summed E-state index contributed by atoms with van der Waals surface area (Å²) in [5.41, 5.74) is 0.515. The first-order valence-electron chi connectivity index (χ1n) is 8.03. The number of aromatic nitrogens is 1. The average Bonchev–Trinajstić information content (AvgIpc) is 2.59. The molecule has 0 radical (unpaired) electrons. The van der Waals surface area contributed by atoms with Crippen molar-refractivity contribution in [3.63, 3.8) is 0 Å². The quantitative estimate of drug-likeness (QED) is 0.409. The van der Waals surface area contributed by atoms with Crippen molar-refractivity contribution in [2.75, 3.05) is 6.54 Å². The molecule has 0 unspecified atom stereocenters. The van der Waals surface area contributed by atoms with Crippen molar-refractivity contribution in [3.8, 4) is 0 Å². The third kappa shape index (κ3) is 4.97. The van der Waals surface area contributed by atoms with Gasteiger partial charge in [-0.1, -0.05) is 12.8 Å². The zero-order valence-electron chi connectivity index (χ0n) is 13.6. The van der Waals surface area contributed by atoms with E-state index in [-0.39, 0.29) is 18.0 Å². The van der Waals surface area contributed by atoms with E-state index in [1.807, 2.05) is 0 Å². The summed E-state index contributed by atoms with van der Waals surface area (Å²) in [6, 6.07) is 5.88. The lowest BCUT2D eigenvalue weighted by molar-refractivity contribution is -0.383. The monoisotopic (exact) mass is 345 g/mol. The SMILES string of the molecule is O=C(O)CCCCCCNC(=O)c1ccc([N+](=O)[O-])c2cccnc12. The van der Waals surface area contributed by atoms with E-state index in [0.717, 1.165) is 19.3 Å². The minimum atomic E-state index is -0.800. The molecular formula is C17H19N3O5. The number of nitrogens with one attached hydrogen (secondary N) is 1. The number of nitro benzene ring substituents is 1. The molecule has 8 nitrogen and oxygen atoms in total. The number of carbonyl (C=O) groups excluding carboxylic acids is 1. The van der Waals surface area contributed by atoms with E-state index in [1.165, 1.54) is 18.3 Å². The fourth-order valence-electron chi connectivity index (χ4n) is 2.55. The Morgan fingerprint density at radius 3 is 2.64 bits per heavy atom. The van der Waals surface area contributed by atoms with Gasteiger partial charge in [0, 0.05) is 25.2 Å². The molecule has 0 saturated carbocycles. The van der Waals surface area contributed by atoms with Gasteiger partial charge in [-0.05, 0) is 31.0 Å². The molecule has 8 heteroatoms. The third-order valence-electron chi connectivity index (χ3n) is 3.79. The van der Waals surface area contributed by atoms with Crippen molar-refractivity contribution in [1.82, 2.24) is 10.3 Å². The maximum Gasteiger partial charge on any atom is 0.303 e. The highest BCUT2D eigenvalue weighted by Gasteiger charge is 2.18. The number of nitrogens with zero attached hydrogens (tertiary/aromatic N) is 2. The van der Waals surface area contributed by atoms with Crippen molar-refractivity contribution >= 4 is 28.5 Å². The number of fused-ring (bicyclic) bond motifs is 1. The molecule has 1 aromatic heterocycles. The first kappa shape index (κ1) is 18.3. The zero-order chi connectivity index (χ0) is 18.2. The number of hydrogen-bond acceptors (Lipinski definition) is 5. The zero-order valence-corrected chi connectivity index (χ0v) is 13.6. The number of unbranched alkanes of at least 4 members (excludes halogenated alkanes) is 3. The van der Waals surface area contributed by atoms with Crippen molar-refractivity contribution in [2.24, 2.45) is 0 Å². The molecule has 0 aliphatic carbocycles. The van der Waals surface area contributed by atoms with Crippen LogP contribution in [0.15, 0.2) is 30.5 Å². The molecule has 0 fully saturated rings. The summed E-state index contributed by atoms with van der Waals surface area (Å²) < 4.78 is 0. The first-order valence-corrected chi connectivity index (χ1v) is 8.03. The van der Waals surface area contributed by atoms with Crippen LogP contribution in [0.5, 0.6) is 0 Å². The number of rotatable bonds is 9. The molecule has 1 heterocycles. The second kappa shape index (κ2) is 8.72. The Morgan fingerprint density at radius 2 is 1.92 bits per heavy atom. The van der Waals surface area contributed by atoms with Gasteiger partial charge in [-0.2, -0.15) is 0 Å². The molecule has 1 aromatic carbocycles. The Hall–Kier alpha value is -3.03. The lowest BCUT2D eigenvalue weighted by Crippen LogP contribution is -2.24. The number of hydrogen-bond donors (Lipinski definition) is 2. The molecule has 25 heavy (non-hydrogen) atoms. The summed E-state index contributed by atoms with van der Waals surface area (Å²) in [4.78, 5) is 37.4. The van der Waals surface area contributed by atoms with E-state index in [4.69, 9.17) is 5.11 Å². The van der Waals surface area contributed by atoms with Gasteiger partial charge >= 0.3 is 5.97 Å². The van der Waals surface area contributed by atoms with Gasteiger partial charge in [0.15, 0.2) is 0 Å². The normalized spacial score (nSPS) is 10.6. The standard InChI is InChI=1S/C17H19N3O5/c21-15(22)7-3-1-2-4-10-19-17(23)13-8-9-14(20(24)25)12-6-5-11-18-16(12)13/h5-6,8-9,11H,1-4,7,10H2,(H,19,23)(H,21,22). The van der Waals surface area contributed by atoms with Crippen molar-refractivity contribution in [1.29, 1.82) is 0 Å². The van der Waals surface area contributed by atoms with E-state index in [9.17, 15) is 19.7 Å². The number of non-ortho nitro benzene ring substituents is 1. The predicted octanol–water partition coefficient (Wildman–Crippen LogP) is 2.91. The molecule has 0 spiro atoms. The van der Waals surface area contributed by atoms with Crippen LogP contribution in [0.25, 0.3) is 10.9 Å². The van der Waals surface area contributed by atoms with E-state index in [0.29, 0.717) is 29.4 Å². The van der Waals surface area contributed by atoms with Crippen LogP contribution in [-0.4, -0.2) is 33.4 Å². The third-order valence-corrected chi connectivity index (χ3v) is 3.79. The molecule has 0 bridgehead atoms. The Kier molecular flexibility index (Phi) is 6.39. The Morgan fingerprint density at radius 1 is 1.16 bits per heavy atom. The smallest absolute Gasteiger partial charge is 0.303 e. The van der Waals surface area contributed by atoms with E-state index in [1.54, 1.807) is 12.1 Å². The van der Waals surface area contributed by atoms with Crippen LogP contribution in [-0.2, 0) is 4.79 Å². The fourth-order valence-corrected chi connectivity index (χ4v) is 2.55. The molecule has 0 saturated heterocycles. The van der Waals surface area contributed by atoms with Gasteiger partial charge in [0.2, 0.25) is 0 Å². The van der Waals surface area contributed by atoms with Crippen LogP contribution in [0, 0.1) is 10.1 Å². The average molecular weight is 345 g/mol. The van der Waals surface area contributed by atoms with Gasteiger partial charge in [-0.15, -0.1) is 0 Å². The summed E-state index contributed by atoms with van der Waals surface area (Å²) >= 11 is 0. The number of nitro groups is 1. The first-order chi connectivity index (χ1) is 12.0. The second-order valence-corrected chi connectivity index (χ2v) is 5.60. The number of carboxylic acid groups (broad SMARTS) is 1. The number of benzene rings is 1. The molecule has 1 amide bonds. The van der Waals surface area contributed by atoms with Gasteiger partial charge in [0.05, 0.1) is 21.4 Å². The molecule has 0 aliphatic rings. The largest absolute Gasteiger partial charge is 0.481 e. The highest BCUT2D eigenvalue weighted by Crippen LogP contribution is 2.26. The number of carboxylic acids is 1. The summed E-state index contributed by atoms with van der Waals surface area (Å²) in [7, 11) is 0. The summed E-state index contributed by atoms with van der Waals surface area (Å²) in [6.45, 7) is 0.456. The molecule has 2 aromatic rings. The number of pyridine rings is 1. The minimum absolute atomic E-state index is 0.0851. The second-order valence-electron chi connectivity index (χ2n) is 5.60. The maximum atomic E-state index is 12.3.